The molecule has 0 amide bonds. The summed E-state index contributed by atoms with van der Waals surface area (Å²) in [5, 5.41) is 13.7. The summed E-state index contributed by atoms with van der Waals surface area (Å²) in [6.45, 7) is 1.29. The van der Waals surface area contributed by atoms with Gasteiger partial charge in [-0.2, -0.15) is 0 Å². The first kappa shape index (κ1) is 14.2. The Morgan fingerprint density at radius 3 is 2.79 bits per heavy atom. The summed E-state index contributed by atoms with van der Waals surface area (Å²) in [4.78, 5) is 9.87. The van der Waals surface area contributed by atoms with E-state index in [4.69, 9.17) is 11.6 Å². The third-order valence-electron chi connectivity index (χ3n) is 2.81. The Hall–Kier alpha value is -1.22. The Balaban J connectivity index is 2.29. The molecule has 0 spiro atoms. The zero-order valence-corrected chi connectivity index (χ0v) is 11.4. The van der Waals surface area contributed by atoms with Gasteiger partial charge in [0.1, 0.15) is 5.02 Å². The molecule has 9 heteroatoms. The maximum absolute atomic E-state index is 12.1. The largest absolute Gasteiger partial charge is 0.315 e. The van der Waals surface area contributed by atoms with Crippen LogP contribution in [-0.4, -0.2) is 32.5 Å². The zero-order chi connectivity index (χ0) is 14.0. The number of hydrogen-bond acceptors (Lipinski definition) is 5. The van der Waals surface area contributed by atoms with Crippen LogP contribution in [0.4, 0.5) is 5.69 Å². The van der Waals surface area contributed by atoms with Crippen molar-refractivity contribution in [2.45, 2.75) is 17.4 Å². The molecule has 1 aromatic carbocycles. The van der Waals surface area contributed by atoms with Gasteiger partial charge in [-0.05, 0) is 25.1 Å². The lowest BCUT2D eigenvalue weighted by molar-refractivity contribution is -0.384. The van der Waals surface area contributed by atoms with Gasteiger partial charge >= 0.3 is 0 Å². The van der Waals surface area contributed by atoms with Crippen LogP contribution in [0.15, 0.2) is 23.1 Å². The second kappa shape index (κ2) is 5.41. The molecule has 1 aliphatic heterocycles. The first-order valence-corrected chi connectivity index (χ1v) is 7.43. The number of nitrogens with zero attached hydrogens (tertiary/aromatic N) is 1. The highest BCUT2D eigenvalue weighted by atomic mass is 35.5. The highest BCUT2D eigenvalue weighted by Crippen LogP contribution is 2.27. The summed E-state index contributed by atoms with van der Waals surface area (Å²) >= 11 is 5.64. The number of rotatable bonds is 4. The standard InChI is InChI=1S/C10H12ClN3O4S/c11-9-2-1-8(5-10(9)14(15)16)19(17,18)13-7-3-4-12-6-7/h1-2,5,7,12-13H,3-4,6H2/t7-/m0/s1. The van der Waals surface area contributed by atoms with Crippen molar-refractivity contribution >= 4 is 27.3 Å². The van der Waals surface area contributed by atoms with E-state index in [-0.39, 0.29) is 16.0 Å². The molecule has 0 radical (unpaired) electrons. The molecule has 19 heavy (non-hydrogen) atoms. The molecule has 1 aromatic rings. The third-order valence-corrected chi connectivity index (χ3v) is 4.64. The lowest BCUT2D eigenvalue weighted by Gasteiger charge is -2.11. The van der Waals surface area contributed by atoms with E-state index in [1.165, 1.54) is 12.1 Å². The molecule has 1 atom stereocenters. The quantitative estimate of drug-likeness (QED) is 0.635. The zero-order valence-electron chi connectivity index (χ0n) is 9.80. The van der Waals surface area contributed by atoms with Crippen LogP contribution in [-0.2, 0) is 10.0 Å². The van der Waals surface area contributed by atoms with Crippen molar-refractivity contribution in [1.29, 1.82) is 0 Å². The first-order valence-electron chi connectivity index (χ1n) is 5.57. The van der Waals surface area contributed by atoms with E-state index < -0.39 is 20.6 Å². The van der Waals surface area contributed by atoms with E-state index in [1.807, 2.05) is 0 Å². The number of nitrogens with one attached hydrogen (secondary N) is 2. The van der Waals surface area contributed by atoms with Gasteiger partial charge in [0.2, 0.25) is 10.0 Å². The average Bonchev–Trinajstić information content (AvgIpc) is 2.80. The smallest absolute Gasteiger partial charge is 0.289 e. The van der Waals surface area contributed by atoms with Crippen molar-refractivity contribution in [1.82, 2.24) is 10.0 Å². The van der Waals surface area contributed by atoms with E-state index >= 15 is 0 Å². The van der Waals surface area contributed by atoms with Crippen molar-refractivity contribution in [3.63, 3.8) is 0 Å². The van der Waals surface area contributed by atoms with Crippen LogP contribution >= 0.6 is 11.6 Å². The SMILES string of the molecule is O=[N+]([O-])c1cc(S(=O)(=O)N[C@H]2CCNC2)ccc1Cl. The molecule has 0 aliphatic carbocycles. The van der Waals surface area contributed by atoms with Gasteiger partial charge in [-0.25, -0.2) is 13.1 Å². The summed E-state index contributed by atoms with van der Waals surface area (Å²) in [6.07, 6.45) is 0.689. The summed E-state index contributed by atoms with van der Waals surface area (Å²) in [6, 6.07) is 3.23. The Morgan fingerprint density at radius 2 is 2.21 bits per heavy atom. The van der Waals surface area contributed by atoms with Gasteiger partial charge < -0.3 is 5.32 Å². The van der Waals surface area contributed by atoms with E-state index in [0.717, 1.165) is 12.6 Å². The monoisotopic (exact) mass is 305 g/mol. The summed E-state index contributed by atoms with van der Waals surface area (Å²) in [5.41, 5.74) is -0.422. The maximum Gasteiger partial charge on any atom is 0.289 e. The van der Waals surface area contributed by atoms with Gasteiger partial charge in [0.25, 0.3) is 5.69 Å². The lowest BCUT2D eigenvalue weighted by atomic mass is 10.3. The number of hydrogen-bond donors (Lipinski definition) is 2. The predicted molar refractivity (Wildman–Crippen MR) is 69.7 cm³/mol. The average molecular weight is 306 g/mol. The minimum atomic E-state index is -3.77. The maximum atomic E-state index is 12.1. The van der Waals surface area contributed by atoms with Gasteiger partial charge in [0.05, 0.1) is 9.82 Å². The Bertz CT molecular complexity index is 599. The summed E-state index contributed by atoms with van der Waals surface area (Å²) in [7, 11) is -3.77. The van der Waals surface area contributed by atoms with E-state index in [0.29, 0.717) is 13.0 Å². The molecule has 0 saturated carbocycles. The number of nitro groups is 1. The molecule has 7 nitrogen and oxygen atoms in total. The van der Waals surface area contributed by atoms with Crippen LogP contribution in [0.1, 0.15) is 6.42 Å². The number of sulfonamides is 1. The van der Waals surface area contributed by atoms with Gasteiger partial charge in [0.15, 0.2) is 0 Å². The third kappa shape index (κ3) is 3.21. The van der Waals surface area contributed by atoms with E-state index in [2.05, 4.69) is 10.0 Å². The molecule has 0 bridgehead atoms. The van der Waals surface area contributed by atoms with E-state index in [1.54, 1.807) is 0 Å². The molecule has 0 unspecified atom stereocenters. The fourth-order valence-corrected chi connectivity index (χ4v) is 3.32. The van der Waals surface area contributed by atoms with Crippen molar-refractivity contribution in [3.05, 3.63) is 33.3 Å². The Morgan fingerprint density at radius 1 is 1.47 bits per heavy atom. The van der Waals surface area contributed by atoms with Gasteiger partial charge in [-0.3, -0.25) is 10.1 Å². The fourth-order valence-electron chi connectivity index (χ4n) is 1.84. The van der Waals surface area contributed by atoms with Crippen molar-refractivity contribution in [3.8, 4) is 0 Å². The number of benzene rings is 1. The van der Waals surface area contributed by atoms with Crippen molar-refractivity contribution in [2.24, 2.45) is 0 Å². The summed E-state index contributed by atoms with van der Waals surface area (Å²) < 4.78 is 26.6. The molecule has 104 valence electrons. The molecule has 0 aromatic heterocycles. The summed E-state index contributed by atoms with van der Waals surface area (Å²) in [5.74, 6) is 0. The molecule has 1 saturated heterocycles. The van der Waals surface area contributed by atoms with Gasteiger partial charge in [-0.1, -0.05) is 11.6 Å². The van der Waals surface area contributed by atoms with Crippen LogP contribution in [0.3, 0.4) is 0 Å². The van der Waals surface area contributed by atoms with Crippen LogP contribution in [0.25, 0.3) is 0 Å². The molecule has 2 rings (SSSR count). The normalized spacial score (nSPS) is 19.5. The second-order valence-corrected chi connectivity index (χ2v) is 6.30. The van der Waals surface area contributed by atoms with Crippen LogP contribution in [0, 0.1) is 10.1 Å². The molecule has 2 N–H and O–H groups in total. The topological polar surface area (TPSA) is 101 Å². The molecule has 1 aliphatic rings. The first-order chi connectivity index (χ1) is 8.90. The highest BCUT2D eigenvalue weighted by Gasteiger charge is 2.25. The van der Waals surface area contributed by atoms with Crippen LogP contribution in [0.5, 0.6) is 0 Å². The van der Waals surface area contributed by atoms with Crippen LogP contribution in [0.2, 0.25) is 5.02 Å². The molecule has 1 fully saturated rings. The van der Waals surface area contributed by atoms with Crippen LogP contribution < -0.4 is 10.0 Å². The van der Waals surface area contributed by atoms with E-state index in [9.17, 15) is 18.5 Å². The Labute approximate surface area is 115 Å². The number of halogens is 1. The molecular formula is C10H12ClN3O4S. The lowest BCUT2D eigenvalue weighted by Crippen LogP contribution is -2.36. The number of nitro benzene ring substituents is 1. The van der Waals surface area contributed by atoms with Crippen molar-refractivity contribution < 1.29 is 13.3 Å². The predicted octanol–water partition coefficient (Wildman–Crippen LogP) is 0.888. The fraction of sp³-hybridized carbons (Fsp3) is 0.400. The second-order valence-electron chi connectivity index (χ2n) is 4.18. The minimum Gasteiger partial charge on any atom is -0.315 e. The minimum absolute atomic E-state index is 0.0912. The highest BCUT2D eigenvalue weighted by molar-refractivity contribution is 7.89. The van der Waals surface area contributed by atoms with Gasteiger partial charge in [-0.15, -0.1) is 0 Å². The molecule has 1 heterocycles. The Kier molecular flexibility index (Phi) is 4.04. The van der Waals surface area contributed by atoms with Crippen molar-refractivity contribution in [2.75, 3.05) is 13.1 Å². The molecular weight excluding hydrogens is 294 g/mol. The van der Waals surface area contributed by atoms with Gasteiger partial charge in [0, 0.05) is 18.7 Å².